The van der Waals surface area contributed by atoms with Crippen molar-refractivity contribution in [3.05, 3.63) is 64.7 Å². The Bertz CT molecular complexity index is 1110. The van der Waals surface area contributed by atoms with Gasteiger partial charge in [-0.2, -0.15) is 0 Å². The maximum absolute atomic E-state index is 13.0. The first-order valence-electron chi connectivity index (χ1n) is 11.4. The van der Waals surface area contributed by atoms with E-state index < -0.39 is 5.54 Å². The molecule has 7 heteroatoms. The lowest BCUT2D eigenvalue weighted by Gasteiger charge is -2.40. The molecule has 0 spiro atoms. The minimum Gasteiger partial charge on any atom is -0.369 e. The molecule has 3 unspecified atom stereocenters. The molecule has 33 heavy (non-hydrogen) atoms. The van der Waals surface area contributed by atoms with Gasteiger partial charge in [-0.15, -0.1) is 0 Å². The second kappa shape index (κ2) is 8.82. The fourth-order valence-electron chi connectivity index (χ4n) is 4.66. The number of guanidine groups is 1. The molecular formula is C26H31ClN4O2. The van der Waals surface area contributed by atoms with Gasteiger partial charge in [0.2, 0.25) is 11.8 Å². The minimum absolute atomic E-state index is 0.0325. The Hall–Kier alpha value is -2.86. The summed E-state index contributed by atoms with van der Waals surface area (Å²) in [6.07, 6.45) is 0.763. The fraction of sp³-hybridized carbons (Fsp3) is 0.423. The third-order valence-electron chi connectivity index (χ3n) is 7.14. The number of halogens is 1. The van der Waals surface area contributed by atoms with Crippen molar-refractivity contribution in [1.29, 1.82) is 0 Å². The van der Waals surface area contributed by atoms with Gasteiger partial charge in [0.25, 0.3) is 0 Å². The van der Waals surface area contributed by atoms with Crippen molar-refractivity contribution < 1.29 is 9.59 Å². The Labute approximate surface area is 200 Å². The van der Waals surface area contributed by atoms with Crippen LogP contribution >= 0.6 is 11.6 Å². The number of aliphatic imine (C=N–C) groups is 1. The van der Waals surface area contributed by atoms with Gasteiger partial charge in [-0.3, -0.25) is 14.5 Å². The van der Waals surface area contributed by atoms with E-state index in [9.17, 15) is 9.59 Å². The molecule has 2 aromatic carbocycles. The number of benzene rings is 2. The molecule has 174 valence electrons. The molecule has 0 bridgehead atoms. The zero-order valence-electron chi connectivity index (χ0n) is 19.6. The standard InChI is InChI=1S/C26H31ClN4O2/c1-16(2)26(4)14-24(33)31(25(28)29-26)17(3)18-7-6-10-22(12-18)30-15-20(13-23(30)32)19-8-5-9-21(27)11-19/h5-12,16-17,20H,13-15H2,1-4H3,(H2,28,29). The zero-order valence-corrected chi connectivity index (χ0v) is 20.3. The Kier molecular flexibility index (Phi) is 6.23. The summed E-state index contributed by atoms with van der Waals surface area (Å²) in [6.45, 7) is 8.61. The van der Waals surface area contributed by atoms with Gasteiger partial charge in [0.1, 0.15) is 0 Å². The normalized spacial score (nSPS) is 24.4. The van der Waals surface area contributed by atoms with Crippen molar-refractivity contribution in [2.24, 2.45) is 16.6 Å². The van der Waals surface area contributed by atoms with Crippen molar-refractivity contribution in [1.82, 2.24) is 4.90 Å². The number of nitrogens with zero attached hydrogens (tertiary/aromatic N) is 3. The Morgan fingerprint density at radius 1 is 1.09 bits per heavy atom. The van der Waals surface area contributed by atoms with Gasteiger partial charge < -0.3 is 10.6 Å². The van der Waals surface area contributed by atoms with Crippen LogP contribution in [-0.4, -0.2) is 34.8 Å². The smallest absolute Gasteiger partial charge is 0.232 e. The van der Waals surface area contributed by atoms with Gasteiger partial charge in [-0.05, 0) is 55.2 Å². The topological polar surface area (TPSA) is 79.0 Å². The predicted octanol–water partition coefficient (Wildman–Crippen LogP) is 4.88. The van der Waals surface area contributed by atoms with Gasteiger partial charge in [0.15, 0.2) is 5.96 Å². The van der Waals surface area contributed by atoms with E-state index in [2.05, 4.69) is 18.8 Å². The third kappa shape index (κ3) is 4.49. The summed E-state index contributed by atoms with van der Waals surface area (Å²) in [5, 5.41) is 0.674. The summed E-state index contributed by atoms with van der Waals surface area (Å²) in [7, 11) is 0. The van der Waals surface area contributed by atoms with Gasteiger partial charge in [0.05, 0.1) is 18.0 Å². The predicted molar refractivity (Wildman–Crippen MR) is 132 cm³/mol. The zero-order chi connectivity index (χ0) is 23.9. The van der Waals surface area contributed by atoms with Crippen LogP contribution in [0, 0.1) is 5.92 Å². The highest BCUT2D eigenvalue weighted by atomic mass is 35.5. The summed E-state index contributed by atoms with van der Waals surface area (Å²) in [5.74, 6) is 0.591. The number of amides is 2. The van der Waals surface area contributed by atoms with Crippen LogP contribution in [0.2, 0.25) is 5.02 Å². The van der Waals surface area contributed by atoms with Crippen LogP contribution < -0.4 is 10.6 Å². The number of carbonyl (C=O) groups excluding carboxylic acids is 2. The number of hydrogen-bond acceptors (Lipinski definition) is 4. The van der Waals surface area contributed by atoms with E-state index in [0.29, 0.717) is 24.4 Å². The van der Waals surface area contributed by atoms with Gasteiger partial charge in [0, 0.05) is 29.6 Å². The lowest BCUT2D eigenvalue weighted by Crippen LogP contribution is -2.52. The molecule has 0 saturated carbocycles. The third-order valence-corrected chi connectivity index (χ3v) is 7.37. The number of nitrogens with two attached hydrogens (primary N) is 1. The first kappa shape index (κ1) is 23.3. The quantitative estimate of drug-likeness (QED) is 0.681. The lowest BCUT2D eigenvalue weighted by molar-refractivity contribution is -0.131. The largest absolute Gasteiger partial charge is 0.369 e. The molecule has 2 N–H and O–H groups in total. The van der Waals surface area contributed by atoms with Crippen molar-refractivity contribution >= 4 is 35.1 Å². The lowest BCUT2D eigenvalue weighted by atomic mass is 9.84. The molecule has 2 aromatic rings. The van der Waals surface area contributed by atoms with Gasteiger partial charge in [-0.1, -0.05) is 49.7 Å². The monoisotopic (exact) mass is 466 g/mol. The maximum Gasteiger partial charge on any atom is 0.232 e. The Morgan fingerprint density at radius 2 is 1.82 bits per heavy atom. The second-order valence-electron chi connectivity index (χ2n) is 9.65. The van der Waals surface area contributed by atoms with Crippen LogP contribution in [0.25, 0.3) is 0 Å². The van der Waals surface area contributed by atoms with Crippen LogP contribution in [0.5, 0.6) is 0 Å². The van der Waals surface area contributed by atoms with E-state index in [1.807, 2.05) is 67.3 Å². The molecule has 2 heterocycles. The molecule has 1 fully saturated rings. The summed E-state index contributed by atoms with van der Waals surface area (Å²) in [5.41, 5.74) is 8.59. The Morgan fingerprint density at radius 3 is 2.48 bits per heavy atom. The van der Waals surface area contributed by atoms with Crippen LogP contribution in [0.15, 0.2) is 53.5 Å². The molecule has 2 amide bonds. The molecule has 2 aliphatic heterocycles. The second-order valence-corrected chi connectivity index (χ2v) is 10.1. The van der Waals surface area contributed by atoms with E-state index >= 15 is 0 Å². The molecule has 2 aliphatic rings. The summed E-state index contributed by atoms with van der Waals surface area (Å²) in [4.78, 5) is 34.0. The van der Waals surface area contributed by atoms with Crippen LogP contribution in [0.3, 0.4) is 0 Å². The molecule has 4 rings (SSSR count). The van der Waals surface area contributed by atoms with E-state index in [0.717, 1.165) is 16.8 Å². The highest BCUT2D eigenvalue weighted by Crippen LogP contribution is 2.36. The molecule has 1 saturated heterocycles. The first-order chi connectivity index (χ1) is 15.6. The summed E-state index contributed by atoms with van der Waals surface area (Å²) in [6, 6.07) is 15.2. The van der Waals surface area contributed by atoms with E-state index in [4.69, 9.17) is 17.3 Å². The van der Waals surface area contributed by atoms with Crippen LogP contribution in [0.4, 0.5) is 5.69 Å². The highest BCUT2D eigenvalue weighted by molar-refractivity contribution is 6.30. The summed E-state index contributed by atoms with van der Waals surface area (Å²) < 4.78 is 0. The average Bonchev–Trinajstić information content (AvgIpc) is 3.15. The molecule has 0 aliphatic carbocycles. The van der Waals surface area contributed by atoms with Crippen molar-refractivity contribution in [2.75, 3.05) is 11.4 Å². The molecule has 0 aromatic heterocycles. The van der Waals surface area contributed by atoms with Crippen LogP contribution in [-0.2, 0) is 9.59 Å². The average molecular weight is 467 g/mol. The molecule has 3 atom stereocenters. The minimum atomic E-state index is -0.490. The van der Waals surface area contributed by atoms with Gasteiger partial charge >= 0.3 is 0 Å². The first-order valence-corrected chi connectivity index (χ1v) is 11.8. The number of hydrogen-bond donors (Lipinski definition) is 1. The van der Waals surface area contributed by atoms with Crippen molar-refractivity contribution in [3.8, 4) is 0 Å². The van der Waals surface area contributed by atoms with E-state index in [1.165, 1.54) is 0 Å². The molecule has 0 radical (unpaired) electrons. The van der Waals surface area contributed by atoms with Crippen molar-refractivity contribution in [3.63, 3.8) is 0 Å². The number of rotatable bonds is 5. The van der Waals surface area contributed by atoms with E-state index in [-0.39, 0.29) is 35.7 Å². The maximum atomic E-state index is 13.0. The Balaban J connectivity index is 1.57. The molecular weight excluding hydrogens is 436 g/mol. The van der Waals surface area contributed by atoms with Crippen molar-refractivity contribution in [2.45, 2.75) is 58.0 Å². The highest BCUT2D eigenvalue weighted by Gasteiger charge is 2.40. The SMILES string of the molecule is CC(c1cccc(N2CC(c3cccc(Cl)c3)CC2=O)c1)N1C(=O)CC(C)(C(C)C)N=C1N. The van der Waals surface area contributed by atoms with Gasteiger partial charge in [-0.25, -0.2) is 4.99 Å². The summed E-state index contributed by atoms with van der Waals surface area (Å²) >= 11 is 6.15. The van der Waals surface area contributed by atoms with E-state index in [1.54, 1.807) is 4.90 Å². The number of carbonyl (C=O) groups is 2. The fourth-order valence-corrected chi connectivity index (χ4v) is 4.86. The molecule has 6 nitrogen and oxygen atoms in total. The number of anilines is 1. The van der Waals surface area contributed by atoms with Crippen LogP contribution in [0.1, 0.15) is 63.6 Å².